The molecular weight excluding hydrogens is 190 g/mol. The molecule has 2 rings (SSSR count). The van der Waals surface area contributed by atoms with Gasteiger partial charge in [0.1, 0.15) is 17.5 Å². The van der Waals surface area contributed by atoms with Crippen LogP contribution in [0.15, 0.2) is 0 Å². The fourth-order valence-corrected chi connectivity index (χ4v) is 1.73. The molecule has 82 valence electrons. The predicted octanol–water partition coefficient (Wildman–Crippen LogP) is 0.978. The Labute approximate surface area is 89.7 Å². The normalized spacial score (nSPS) is 15.2. The van der Waals surface area contributed by atoms with Crippen LogP contribution in [0.2, 0.25) is 0 Å². The quantitative estimate of drug-likeness (QED) is 0.571. The van der Waals surface area contributed by atoms with Crippen molar-refractivity contribution in [3.05, 3.63) is 11.4 Å². The van der Waals surface area contributed by atoms with Crippen molar-refractivity contribution in [1.29, 1.82) is 0 Å². The number of aromatic nitrogens is 2. The van der Waals surface area contributed by atoms with Crippen LogP contribution in [0.1, 0.15) is 24.2 Å². The molecule has 1 aromatic rings. The van der Waals surface area contributed by atoms with E-state index in [1.165, 1.54) is 12.8 Å². The Hall–Kier alpha value is -1.36. The van der Waals surface area contributed by atoms with Gasteiger partial charge < -0.3 is 10.3 Å². The first-order chi connectivity index (χ1) is 7.13. The van der Waals surface area contributed by atoms with Gasteiger partial charge in [0.25, 0.3) is 0 Å². The number of aryl methyl sites for hydroxylation is 1. The van der Waals surface area contributed by atoms with E-state index in [1.807, 2.05) is 13.8 Å². The molecule has 1 aromatic heterocycles. The molecule has 5 nitrogen and oxygen atoms in total. The largest absolute Gasteiger partial charge is 0.356 e. The highest BCUT2D eigenvalue weighted by atomic mass is 15.3. The first-order valence-electron chi connectivity index (χ1n) is 5.18. The zero-order valence-electron chi connectivity index (χ0n) is 9.41. The Morgan fingerprint density at radius 1 is 1.33 bits per heavy atom. The first kappa shape index (κ1) is 10.2. The molecule has 3 N–H and O–H groups in total. The second kappa shape index (κ2) is 3.66. The smallest absolute Gasteiger partial charge is 0.148 e. The molecule has 0 atom stereocenters. The summed E-state index contributed by atoms with van der Waals surface area (Å²) in [5.41, 5.74) is 3.62. The molecule has 0 spiro atoms. The maximum absolute atomic E-state index is 5.42. The minimum atomic E-state index is 0.642. The van der Waals surface area contributed by atoms with Crippen molar-refractivity contribution < 1.29 is 0 Å². The Morgan fingerprint density at radius 3 is 2.53 bits per heavy atom. The van der Waals surface area contributed by atoms with Gasteiger partial charge in [-0.15, -0.1) is 0 Å². The standard InChI is InChI=1S/C10H17N5/c1-6-9(14-11)12-7(2)13-10(6)15(3)8-4-5-8/h8H,4-5,11H2,1-3H3,(H,12,13,14). The highest BCUT2D eigenvalue weighted by molar-refractivity contribution is 5.58. The molecule has 5 heteroatoms. The third-order valence-corrected chi connectivity index (χ3v) is 2.80. The van der Waals surface area contributed by atoms with E-state index in [0.717, 1.165) is 17.2 Å². The van der Waals surface area contributed by atoms with E-state index in [1.54, 1.807) is 0 Å². The molecule has 0 unspecified atom stereocenters. The number of hydrogen-bond acceptors (Lipinski definition) is 5. The first-order valence-corrected chi connectivity index (χ1v) is 5.18. The molecule has 0 bridgehead atoms. The van der Waals surface area contributed by atoms with Gasteiger partial charge in [0.05, 0.1) is 0 Å². The maximum atomic E-state index is 5.42. The average molecular weight is 207 g/mol. The molecule has 0 saturated heterocycles. The molecule has 1 fully saturated rings. The van der Waals surface area contributed by atoms with E-state index in [2.05, 4.69) is 27.3 Å². The second-order valence-corrected chi connectivity index (χ2v) is 4.05. The number of hydrazine groups is 1. The van der Waals surface area contributed by atoms with Crippen molar-refractivity contribution in [3.8, 4) is 0 Å². The highest BCUT2D eigenvalue weighted by Crippen LogP contribution is 2.32. The Bertz CT molecular complexity index is 372. The maximum Gasteiger partial charge on any atom is 0.148 e. The number of nitrogen functional groups attached to an aromatic ring is 1. The van der Waals surface area contributed by atoms with E-state index in [-0.39, 0.29) is 0 Å². The summed E-state index contributed by atoms with van der Waals surface area (Å²) in [5.74, 6) is 7.87. The van der Waals surface area contributed by atoms with E-state index in [0.29, 0.717) is 11.9 Å². The summed E-state index contributed by atoms with van der Waals surface area (Å²) in [5, 5.41) is 0. The van der Waals surface area contributed by atoms with E-state index >= 15 is 0 Å². The third-order valence-electron chi connectivity index (χ3n) is 2.80. The summed E-state index contributed by atoms with van der Waals surface area (Å²) in [7, 11) is 2.08. The lowest BCUT2D eigenvalue weighted by Gasteiger charge is -2.21. The lowest BCUT2D eigenvalue weighted by atomic mass is 10.3. The molecule has 0 aliphatic heterocycles. The summed E-state index contributed by atoms with van der Waals surface area (Å²) in [6.45, 7) is 3.87. The molecule has 0 radical (unpaired) electrons. The number of nitrogens with one attached hydrogen (secondary N) is 1. The number of anilines is 2. The van der Waals surface area contributed by atoms with Crippen LogP contribution in [0.3, 0.4) is 0 Å². The third kappa shape index (κ3) is 1.87. The molecule has 1 aliphatic carbocycles. The van der Waals surface area contributed by atoms with Crippen LogP contribution in [0.25, 0.3) is 0 Å². The van der Waals surface area contributed by atoms with Crippen LogP contribution in [-0.4, -0.2) is 23.1 Å². The second-order valence-electron chi connectivity index (χ2n) is 4.05. The number of nitrogens with zero attached hydrogens (tertiary/aromatic N) is 3. The Kier molecular flexibility index (Phi) is 2.48. The van der Waals surface area contributed by atoms with Gasteiger partial charge in [-0.05, 0) is 26.7 Å². The number of nitrogens with two attached hydrogens (primary N) is 1. The zero-order valence-corrected chi connectivity index (χ0v) is 9.41. The van der Waals surface area contributed by atoms with Crippen molar-refractivity contribution in [1.82, 2.24) is 9.97 Å². The molecule has 1 heterocycles. The summed E-state index contributed by atoms with van der Waals surface area (Å²) in [6.07, 6.45) is 2.51. The van der Waals surface area contributed by atoms with Crippen molar-refractivity contribution in [2.24, 2.45) is 5.84 Å². The fourth-order valence-electron chi connectivity index (χ4n) is 1.73. The van der Waals surface area contributed by atoms with Gasteiger partial charge in [-0.25, -0.2) is 15.8 Å². The van der Waals surface area contributed by atoms with E-state index < -0.39 is 0 Å². The molecule has 1 saturated carbocycles. The van der Waals surface area contributed by atoms with Crippen LogP contribution >= 0.6 is 0 Å². The van der Waals surface area contributed by atoms with Crippen LogP contribution in [0.4, 0.5) is 11.6 Å². The van der Waals surface area contributed by atoms with Crippen LogP contribution in [-0.2, 0) is 0 Å². The van der Waals surface area contributed by atoms with Crippen molar-refractivity contribution in [2.75, 3.05) is 17.4 Å². The zero-order chi connectivity index (χ0) is 11.0. The molecule has 15 heavy (non-hydrogen) atoms. The summed E-state index contributed by atoms with van der Waals surface area (Å²) in [4.78, 5) is 10.9. The number of hydrogen-bond donors (Lipinski definition) is 2. The topological polar surface area (TPSA) is 67.1 Å². The summed E-state index contributed by atoms with van der Waals surface area (Å²) >= 11 is 0. The lowest BCUT2D eigenvalue weighted by Crippen LogP contribution is -2.23. The van der Waals surface area contributed by atoms with Gasteiger partial charge in [-0.3, -0.25) is 0 Å². The van der Waals surface area contributed by atoms with Crippen molar-refractivity contribution >= 4 is 11.6 Å². The van der Waals surface area contributed by atoms with E-state index in [9.17, 15) is 0 Å². The van der Waals surface area contributed by atoms with Gasteiger partial charge in [0, 0.05) is 18.7 Å². The Balaban J connectivity index is 2.40. The van der Waals surface area contributed by atoms with Gasteiger partial charge in [0.2, 0.25) is 0 Å². The monoisotopic (exact) mass is 207 g/mol. The predicted molar refractivity (Wildman–Crippen MR) is 60.7 cm³/mol. The summed E-state index contributed by atoms with van der Waals surface area (Å²) in [6, 6.07) is 0.642. The van der Waals surface area contributed by atoms with Crippen LogP contribution < -0.4 is 16.2 Å². The minimum Gasteiger partial charge on any atom is -0.356 e. The average Bonchev–Trinajstić information content (AvgIpc) is 3.03. The van der Waals surface area contributed by atoms with Gasteiger partial charge >= 0.3 is 0 Å². The van der Waals surface area contributed by atoms with Gasteiger partial charge in [-0.2, -0.15) is 0 Å². The molecule has 0 aromatic carbocycles. The summed E-state index contributed by atoms with van der Waals surface area (Å²) < 4.78 is 0. The van der Waals surface area contributed by atoms with Crippen molar-refractivity contribution in [3.63, 3.8) is 0 Å². The Morgan fingerprint density at radius 2 is 2.00 bits per heavy atom. The van der Waals surface area contributed by atoms with Crippen LogP contribution in [0, 0.1) is 13.8 Å². The number of rotatable bonds is 3. The van der Waals surface area contributed by atoms with Crippen molar-refractivity contribution in [2.45, 2.75) is 32.7 Å². The van der Waals surface area contributed by atoms with Gasteiger partial charge in [0.15, 0.2) is 0 Å². The lowest BCUT2D eigenvalue weighted by molar-refractivity contribution is 0.865. The molecule has 1 aliphatic rings. The van der Waals surface area contributed by atoms with E-state index in [4.69, 9.17) is 5.84 Å². The van der Waals surface area contributed by atoms with Crippen LogP contribution in [0.5, 0.6) is 0 Å². The highest BCUT2D eigenvalue weighted by Gasteiger charge is 2.28. The van der Waals surface area contributed by atoms with Gasteiger partial charge in [-0.1, -0.05) is 0 Å². The fraction of sp³-hybridized carbons (Fsp3) is 0.600. The molecule has 0 amide bonds. The minimum absolute atomic E-state index is 0.642. The molecular formula is C10H17N5. The SMILES string of the molecule is Cc1nc(NN)c(C)c(N(C)C2CC2)n1.